The molecule has 2 aliphatic rings. The van der Waals surface area contributed by atoms with Gasteiger partial charge in [-0.1, -0.05) is 18.2 Å². The Bertz CT molecular complexity index is 780. The molecule has 2 amide bonds. The summed E-state index contributed by atoms with van der Waals surface area (Å²) in [7, 11) is 0. The van der Waals surface area contributed by atoms with Crippen LogP contribution in [0.3, 0.4) is 0 Å². The Kier molecular flexibility index (Phi) is 5.55. The fourth-order valence-corrected chi connectivity index (χ4v) is 4.53. The zero-order chi connectivity index (χ0) is 18.6. The lowest BCUT2D eigenvalue weighted by Crippen LogP contribution is -2.48. The van der Waals surface area contributed by atoms with Gasteiger partial charge >= 0.3 is 0 Å². The summed E-state index contributed by atoms with van der Waals surface area (Å²) in [6.07, 6.45) is 2.00. The van der Waals surface area contributed by atoms with Gasteiger partial charge < -0.3 is 9.80 Å². The molecule has 5 nitrogen and oxygen atoms in total. The first-order valence-corrected chi connectivity index (χ1v) is 10.5. The molecule has 0 aliphatic carbocycles. The van der Waals surface area contributed by atoms with Crippen LogP contribution in [-0.2, 0) is 22.6 Å². The highest BCUT2D eigenvalue weighted by atomic mass is 32.1. The third-order valence-electron chi connectivity index (χ3n) is 5.36. The molecule has 0 radical (unpaired) electrons. The fraction of sp³-hybridized carbons (Fsp3) is 0.429. The van der Waals surface area contributed by atoms with Crippen molar-refractivity contribution in [2.75, 3.05) is 37.6 Å². The maximum Gasteiger partial charge on any atom is 0.227 e. The Morgan fingerprint density at radius 2 is 1.78 bits per heavy atom. The van der Waals surface area contributed by atoms with Gasteiger partial charge in [0.15, 0.2) is 0 Å². The lowest BCUT2D eigenvalue weighted by molar-refractivity contribution is -0.132. The zero-order valence-electron chi connectivity index (χ0n) is 15.5. The minimum absolute atomic E-state index is 0.191. The van der Waals surface area contributed by atoms with E-state index in [9.17, 15) is 9.59 Å². The predicted molar refractivity (Wildman–Crippen MR) is 108 cm³/mol. The zero-order valence-corrected chi connectivity index (χ0v) is 16.3. The number of carbonyl (C=O) groups excluding carboxylic acids is 2. The molecular weight excluding hydrogens is 358 g/mol. The largest absolute Gasteiger partial charge is 0.340 e. The normalized spacial score (nSPS) is 18.3. The highest BCUT2D eigenvalue weighted by molar-refractivity contribution is 7.09. The van der Waals surface area contributed by atoms with E-state index < -0.39 is 0 Å². The molecule has 0 saturated carbocycles. The van der Waals surface area contributed by atoms with E-state index in [1.165, 1.54) is 4.88 Å². The van der Waals surface area contributed by atoms with Crippen molar-refractivity contribution in [1.29, 1.82) is 0 Å². The molecule has 0 unspecified atom stereocenters. The van der Waals surface area contributed by atoms with Crippen molar-refractivity contribution in [3.05, 3.63) is 52.2 Å². The van der Waals surface area contributed by atoms with Gasteiger partial charge in [-0.15, -0.1) is 11.3 Å². The van der Waals surface area contributed by atoms with Gasteiger partial charge in [-0.05, 0) is 35.6 Å². The molecule has 2 saturated heterocycles. The second-order valence-corrected chi connectivity index (χ2v) is 8.26. The Morgan fingerprint density at radius 3 is 2.41 bits per heavy atom. The van der Waals surface area contributed by atoms with Gasteiger partial charge in [0.1, 0.15) is 0 Å². The van der Waals surface area contributed by atoms with Gasteiger partial charge in [-0.25, -0.2) is 0 Å². The molecule has 0 spiro atoms. The third kappa shape index (κ3) is 4.39. The Labute approximate surface area is 164 Å². The number of amides is 2. The summed E-state index contributed by atoms with van der Waals surface area (Å²) in [6, 6.07) is 12.1. The molecule has 2 fully saturated rings. The first kappa shape index (κ1) is 18.2. The van der Waals surface area contributed by atoms with Crippen LogP contribution in [0.4, 0.5) is 5.69 Å². The number of carbonyl (C=O) groups is 2. The Morgan fingerprint density at radius 1 is 1.00 bits per heavy atom. The van der Waals surface area contributed by atoms with Crippen molar-refractivity contribution in [3.8, 4) is 0 Å². The van der Waals surface area contributed by atoms with Gasteiger partial charge in [-0.2, -0.15) is 0 Å². The van der Waals surface area contributed by atoms with Gasteiger partial charge in [0.2, 0.25) is 11.8 Å². The van der Waals surface area contributed by atoms with E-state index in [-0.39, 0.29) is 11.8 Å². The lowest BCUT2D eigenvalue weighted by atomic mass is 10.1. The molecule has 1 aromatic heterocycles. The highest BCUT2D eigenvalue weighted by Gasteiger charge is 2.23. The second-order valence-electron chi connectivity index (χ2n) is 7.23. The van der Waals surface area contributed by atoms with E-state index in [1.54, 1.807) is 11.3 Å². The predicted octanol–water partition coefficient (Wildman–Crippen LogP) is 2.76. The average molecular weight is 384 g/mol. The molecule has 142 valence electrons. The van der Waals surface area contributed by atoms with Crippen LogP contribution in [0.25, 0.3) is 0 Å². The minimum atomic E-state index is 0.191. The van der Waals surface area contributed by atoms with E-state index in [4.69, 9.17) is 0 Å². The number of hydrogen-bond acceptors (Lipinski definition) is 4. The van der Waals surface area contributed by atoms with Crippen LogP contribution in [0.1, 0.15) is 23.3 Å². The van der Waals surface area contributed by atoms with Crippen molar-refractivity contribution in [2.45, 2.75) is 25.8 Å². The van der Waals surface area contributed by atoms with Gasteiger partial charge in [0.25, 0.3) is 0 Å². The van der Waals surface area contributed by atoms with Crippen LogP contribution >= 0.6 is 11.3 Å². The SMILES string of the molecule is O=C(Cc1ccc(N2CCCC2=O)cc1)N1CCN(Cc2cccs2)CC1. The number of thiophene rings is 1. The molecule has 2 aromatic rings. The standard InChI is InChI=1S/C21H25N3O2S/c25-20-4-1-9-24(20)18-7-5-17(6-8-18)15-21(26)23-12-10-22(11-13-23)16-19-3-2-14-27-19/h2-3,5-8,14H,1,4,9-13,15-16H2. The van der Waals surface area contributed by atoms with Gasteiger partial charge in [0.05, 0.1) is 6.42 Å². The summed E-state index contributed by atoms with van der Waals surface area (Å²) < 4.78 is 0. The fourth-order valence-electron chi connectivity index (χ4n) is 3.78. The van der Waals surface area contributed by atoms with E-state index >= 15 is 0 Å². The Hall–Kier alpha value is -2.18. The minimum Gasteiger partial charge on any atom is -0.340 e. The number of nitrogens with zero attached hydrogens (tertiary/aromatic N) is 3. The number of hydrogen-bond donors (Lipinski definition) is 0. The topological polar surface area (TPSA) is 43.9 Å². The monoisotopic (exact) mass is 383 g/mol. The second kappa shape index (κ2) is 8.23. The summed E-state index contributed by atoms with van der Waals surface area (Å²) in [4.78, 5) is 32.1. The van der Waals surface area contributed by atoms with Gasteiger partial charge in [-0.3, -0.25) is 14.5 Å². The Balaban J connectivity index is 1.27. The number of piperazine rings is 1. The summed E-state index contributed by atoms with van der Waals surface area (Å²) in [6.45, 7) is 5.23. The van der Waals surface area contributed by atoms with Crippen molar-refractivity contribution in [3.63, 3.8) is 0 Å². The number of rotatable bonds is 5. The smallest absolute Gasteiger partial charge is 0.227 e. The van der Waals surface area contributed by atoms with E-state index in [2.05, 4.69) is 22.4 Å². The summed E-state index contributed by atoms with van der Waals surface area (Å²) >= 11 is 1.79. The number of benzene rings is 1. The van der Waals surface area contributed by atoms with Crippen LogP contribution in [0.2, 0.25) is 0 Å². The van der Waals surface area contributed by atoms with Crippen LogP contribution in [0, 0.1) is 0 Å². The van der Waals surface area contributed by atoms with Crippen molar-refractivity contribution >= 4 is 28.8 Å². The molecule has 2 aliphatic heterocycles. The van der Waals surface area contributed by atoms with Crippen LogP contribution in [0.5, 0.6) is 0 Å². The van der Waals surface area contributed by atoms with Crippen molar-refractivity contribution < 1.29 is 9.59 Å². The molecule has 6 heteroatoms. The van der Waals surface area contributed by atoms with Gasteiger partial charge in [0, 0.05) is 56.3 Å². The van der Waals surface area contributed by atoms with Crippen LogP contribution in [-0.4, -0.2) is 54.3 Å². The summed E-state index contributed by atoms with van der Waals surface area (Å²) in [5.41, 5.74) is 1.95. The average Bonchev–Trinajstić information content (AvgIpc) is 3.35. The van der Waals surface area contributed by atoms with Crippen LogP contribution < -0.4 is 4.90 Å². The first-order chi connectivity index (χ1) is 13.2. The summed E-state index contributed by atoms with van der Waals surface area (Å²) in [5.74, 6) is 0.384. The molecular formula is C21H25N3O2S. The molecule has 3 heterocycles. The molecule has 0 atom stereocenters. The van der Waals surface area contributed by atoms with Crippen molar-refractivity contribution in [1.82, 2.24) is 9.80 Å². The van der Waals surface area contributed by atoms with Crippen molar-refractivity contribution in [2.24, 2.45) is 0 Å². The van der Waals surface area contributed by atoms with E-state index in [0.717, 1.165) is 56.9 Å². The lowest BCUT2D eigenvalue weighted by Gasteiger charge is -2.34. The number of anilines is 1. The molecule has 4 rings (SSSR count). The van der Waals surface area contributed by atoms with Crippen LogP contribution in [0.15, 0.2) is 41.8 Å². The summed E-state index contributed by atoms with van der Waals surface area (Å²) in [5, 5.41) is 2.11. The quantitative estimate of drug-likeness (QED) is 0.797. The highest BCUT2D eigenvalue weighted by Crippen LogP contribution is 2.22. The third-order valence-corrected chi connectivity index (χ3v) is 6.22. The molecule has 27 heavy (non-hydrogen) atoms. The molecule has 1 aromatic carbocycles. The maximum atomic E-state index is 12.6. The maximum absolute atomic E-state index is 12.6. The molecule has 0 bridgehead atoms. The first-order valence-electron chi connectivity index (χ1n) is 9.61. The molecule has 0 N–H and O–H groups in total. The van der Waals surface area contributed by atoms with E-state index in [0.29, 0.717) is 12.8 Å². The van der Waals surface area contributed by atoms with E-state index in [1.807, 2.05) is 34.1 Å².